The van der Waals surface area contributed by atoms with E-state index in [-0.39, 0.29) is 16.5 Å². The lowest BCUT2D eigenvalue weighted by Crippen LogP contribution is -2.38. The zero-order valence-electron chi connectivity index (χ0n) is 15.1. The maximum absolute atomic E-state index is 12.9. The second kappa shape index (κ2) is 7.57. The number of hydrogen-bond donors (Lipinski definition) is 2. The fraction of sp³-hybridized carbons (Fsp3) is 0.412. The first-order valence-electron chi connectivity index (χ1n) is 8.44. The van der Waals surface area contributed by atoms with Gasteiger partial charge in [-0.1, -0.05) is 0 Å². The van der Waals surface area contributed by atoms with Gasteiger partial charge in [-0.25, -0.2) is 8.42 Å². The quantitative estimate of drug-likeness (QED) is 0.755. The van der Waals surface area contributed by atoms with Crippen LogP contribution in [-0.4, -0.2) is 56.1 Å². The Labute approximate surface area is 157 Å². The van der Waals surface area contributed by atoms with Crippen LogP contribution in [0, 0.1) is 0 Å². The van der Waals surface area contributed by atoms with E-state index < -0.39 is 15.9 Å². The molecule has 1 aliphatic heterocycles. The molecule has 1 aromatic heterocycles. The number of carbonyl (C=O) groups excluding carboxylic acids is 1. The molecule has 1 aliphatic rings. The number of aromatic amines is 1. The maximum Gasteiger partial charge on any atom is 0.269 e. The number of primary amides is 1. The fourth-order valence-electron chi connectivity index (χ4n) is 3.21. The third-order valence-electron chi connectivity index (χ3n) is 4.74. The minimum atomic E-state index is -3.64. The van der Waals surface area contributed by atoms with Gasteiger partial charge in [-0.2, -0.15) is 9.40 Å². The number of nitrogens with two attached hydrogens (primary N) is 1. The van der Waals surface area contributed by atoms with E-state index in [1.165, 1.54) is 30.7 Å². The monoisotopic (exact) mass is 394 g/mol. The van der Waals surface area contributed by atoms with Crippen LogP contribution in [-0.2, 0) is 10.0 Å². The zero-order chi connectivity index (χ0) is 19.6. The lowest BCUT2D eigenvalue weighted by Gasteiger charge is -2.30. The van der Waals surface area contributed by atoms with Gasteiger partial charge in [-0.3, -0.25) is 9.89 Å². The molecule has 3 N–H and O–H groups in total. The average molecular weight is 394 g/mol. The first-order valence-corrected chi connectivity index (χ1v) is 9.88. The van der Waals surface area contributed by atoms with Gasteiger partial charge < -0.3 is 15.2 Å². The second-order valence-electron chi connectivity index (χ2n) is 6.27. The molecule has 146 valence electrons. The van der Waals surface area contributed by atoms with Gasteiger partial charge in [0.15, 0.2) is 11.5 Å². The van der Waals surface area contributed by atoms with Crippen LogP contribution < -0.4 is 15.2 Å². The van der Waals surface area contributed by atoms with Crippen molar-refractivity contribution in [3.05, 3.63) is 35.7 Å². The Hall–Kier alpha value is -2.59. The number of nitrogens with zero attached hydrogens (tertiary/aromatic N) is 2. The highest BCUT2D eigenvalue weighted by molar-refractivity contribution is 7.89. The molecule has 0 radical (unpaired) electrons. The summed E-state index contributed by atoms with van der Waals surface area (Å²) in [4.78, 5) is 11.3. The Morgan fingerprint density at radius 1 is 1.19 bits per heavy atom. The van der Waals surface area contributed by atoms with Crippen LogP contribution in [0.2, 0.25) is 0 Å². The van der Waals surface area contributed by atoms with E-state index in [0.717, 1.165) is 5.69 Å². The van der Waals surface area contributed by atoms with Crippen molar-refractivity contribution in [2.24, 2.45) is 5.73 Å². The normalized spacial score (nSPS) is 16.2. The van der Waals surface area contributed by atoms with E-state index in [4.69, 9.17) is 15.2 Å². The van der Waals surface area contributed by atoms with Gasteiger partial charge in [-0.15, -0.1) is 0 Å². The van der Waals surface area contributed by atoms with Crippen LogP contribution >= 0.6 is 0 Å². The van der Waals surface area contributed by atoms with Gasteiger partial charge >= 0.3 is 0 Å². The highest BCUT2D eigenvalue weighted by atomic mass is 32.2. The predicted octanol–water partition coefficient (Wildman–Crippen LogP) is 1.09. The minimum Gasteiger partial charge on any atom is -0.493 e. The van der Waals surface area contributed by atoms with Crippen molar-refractivity contribution >= 4 is 15.9 Å². The lowest BCUT2D eigenvalue weighted by molar-refractivity contribution is 0.0995. The summed E-state index contributed by atoms with van der Waals surface area (Å²) in [5, 5.41) is 6.71. The molecule has 2 heterocycles. The number of sulfonamides is 1. The number of nitrogens with one attached hydrogen (secondary N) is 1. The molecule has 1 fully saturated rings. The van der Waals surface area contributed by atoms with Crippen molar-refractivity contribution in [3.8, 4) is 11.5 Å². The van der Waals surface area contributed by atoms with Crippen molar-refractivity contribution < 1.29 is 22.7 Å². The van der Waals surface area contributed by atoms with Gasteiger partial charge in [0.25, 0.3) is 5.91 Å². The molecule has 3 rings (SSSR count). The van der Waals surface area contributed by atoms with E-state index in [9.17, 15) is 13.2 Å². The van der Waals surface area contributed by atoms with Crippen LogP contribution in [0.3, 0.4) is 0 Å². The number of amides is 1. The van der Waals surface area contributed by atoms with Crippen LogP contribution in [0.5, 0.6) is 11.5 Å². The molecule has 2 aromatic rings. The molecule has 0 atom stereocenters. The molecular formula is C17H22N4O5S. The summed E-state index contributed by atoms with van der Waals surface area (Å²) in [6, 6.07) is 6.19. The number of rotatable bonds is 6. The molecular weight excluding hydrogens is 372 g/mol. The molecule has 0 bridgehead atoms. The van der Waals surface area contributed by atoms with Gasteiger partial charge in [0.1, 0.15) is 5.69 Å². The smallest absolute Gasteiger partial charge is 0.269 e. The zero-order valence-corrected chi connectivity index (χ0v) is 16.0. The number of methoxy groups -OCH3 is 2. The number of carbonyl (C=O) groups is 1. The molecule has 0 saturated carbocycles. The third kappa shape index (κ3) is 3.76. The van der Waals surface area contributed by atoms with Crippen LogP contribution in [0.25, 0.3) is 0 Å². The number of hydrogen-bond acceptors (Lipinski definition) is 6. The third-order valence-corrected chi connectivity index (χ3v) is 6.63. The maximum atomic E-state index is 12.9. The molecule has 1 aromatic carbocycles. The van der Waals surface area contributed by atoms with Crippen molar-refractivity contribution in [2.45, 2.75) is 23.7 Å². The molecule has 0 spiro atoms. The van der Waals surface area contributed by atoms with Gasteiger partial charge in [-0.05, 0) is 31.0 Å². The van der Waals surface area contributed by atoms with Crippen molar-refractivity contribution in [3.63, 3.8) is 0 Å². The summed E-state index contributed by atoms with van der Waals surface area (Å²) in [6.07, 6.45) is 1.24. The number of benzene rings is 1. The largest absolute Gasteiger partial charge is 0.493 e. The molecule has 9 nitrogen and oxygen atoms in total. The molecule has 1 saturated heterocycles. The Morgan fingerprint density at radius 2 is 1.85 bits per heavy atom. The molecule has 1 amide bonds. The highest BCUT2D eigenvalue weighted by Crippen LogP contribution is 2.33. The summed E-state index contributed by atoms with van der Waals surface area (Å²) in [5.74, 6) is 0.345. The minimum absolute atomic E-state index is 0.0995. The summed E-state index contributed by atoms with van der Waals surface area (Å²) >= 11 is 0. The van der Waals surface area contributed by atoms with Gasteiger partial charge in [0.05, 0.1) is 19.1 Å². The fourth-order valence-corrected chi connectivity index (χ4v) is 4.69. The predicted molar refractivity (Wildman–Crippen MR) is 97.4 cm³/mol. The first-order chi connectivity index (χ1) is 12.9. The molecule has 10 heteroatoms. The second-order valence-corrected chi connectivity index (χ2v) is 8.21. The number of piperidine rings is 1. The average Bonchev–Trinajstić information content (AvgIpc) is 3.18. The van der Waals surface area contributed by atoms with Crippen molar-refractivity contribution in [2.75, 3.05) is 27.3 Å². The van der Waals surface area contributed by atoms with E-state index >= 15 is 0 Å². The molecule has 0 aliphatic carbocycles. The summed E-state index contributed by atoms with van der Waals surface area (Å²) in [6.45, 7) is 0.735. The Bertz CT molecular complexity index is 933. The standard InChI is InChI=1S/C17H22N4O5S/c1-25-15-4-3-12(9-16(15)26-2)27(23,24)21-7-5-11(6-8-21)13-10-14(17(18)22)20-19-13/h3-4,9-11H,5-8H2,1-2H3,(H2,18,22)(H,19,20). The Kier molecular flexibility index (Phi) is 5.38. The van der Waals surface area contributed by atoms with Crippen LogP contribution in [0.1, 0.15) is 34.9 Å². The number of H-pyrrole nitrogens is 1. The highest BCUT2D eigenvalue weighted by Gasteiger charge is 2.31. The van der Waals surface area contributed by atoms with E-state index in [1.807, 2.05) is 0 Å². The Morgan fingerprint density at radius 3 is 2.41 bits per heavy atom. The first kappa shape index (κ1) is 19.2. The van der Waals surface area contributed by atoms with Crippen molar-refractivity contribution in [1.29, 1.82) is 0 Å². The van der Waals surface area contributed by atoms with Gasteiger partial charge in [0, 0.05) is 30.8 Å². The van der Waals surface area contributed by atoms with E-state index in [1.54, 1.807) is 12.1 Å². The van der Waals surface area contributed by atoms with Gasteiger partial charge in [0.2, 0.25) is 10.0 Å². The summed E-state index contributed by atoms with van der Waals surface area (Å²) in [5.41, 5.74) is 6.20. The molecule has 27 heavy (non-hydrogen) atoms. The topological polar surface area (TPSA) is 128 Å². The van der Waals surface area contributed by atoms with Crippen molar-refractivity contribution in [1.82, 2.24) is 14.5 Å². The summed E-state index contributed by atoms with van der Waals surface area (Å²) < 4.78 is 37.7. The van der Waals surface area contributed by atoms with E-state index in [2.05, 4.69) is 10.2 Å². The Balaban J connectivity index is 1.73. The SMILES string of the molecule is COc1ccc(S(=O)(=O)N2CCC(c3cc(C(N)=O)n[nH]3)CC2)cc1OC. The number of aromatic nitrogens is 2. The molecule has 0 unspecified atom stereocenters. The summed E-state index contributed by atoms with van der Waals surface area (Å²) in [7, 11) is -0.677. The number of ether oxygens (including phenoxy) is 2. The van der Waals surface area contributed by atoms with Crippen LogP contribution in [0.4, 0.5) is 0 Å². The van der Waals surface area contributed by atoms with E-state index in [0.29, 0.717) is 37.4 Å². The van der Waals surface area contributed by atoms with Crippen LogP contribution in [0.15, 0.2) is 29.2 Å². The lowest BCUT2D eigenvalue weighted by atomic mass is 9.94.